The molecule has 0 aliphatic carbocycles. The normalized spacial score (nSPS) is 19.4. The van der Waals surface area contributed by atoms with Crippen LogP contribution in [-0.4, -0.2) is 99.6 Å². The molecule has 0 bridgehead atoms. The van der Waals surface area contributed by atoms with Gasteiger partial charge in [-0.2, -0.15) is 0 Å². The maximum Gasteiger partial charge on any atom is 0.306 e. The number of aliphatic hydroxyl groups excluding tert-OH is 5. The first-order chi connectivity index (χ1) is 37.7. The van der Waals surface area contributed by atoms with E-state index in [1.165, 1.54) is 161 Å². The topological polar surface area (TPSA) is 175 Å². The van der Waals surface area contributed by atoms with E-state index in [2.05, 4.69) is 74.7 Å². The summed E-state index contributed by atoms with van der Waals surface area (Å²) in [6, 6.07) is -1.04. The van der Waals surface area contributed by atoms with Crippen molar-refractivity contribution in [3.63, 3.8) is 0 Å². The van der Waals surface area contributed by atoms with E-state index in [1.807, 2.05) is 6.08 Å². The number of rotatable bonds is 54. The molecule has 1 fully saturated rings. The predicted molar refractivity (Wildman–Crippen MR) is 320 cm³/mol. The van der Waals surface area contributed by atoms with Crippen LogP contribution >= 0.6 is 0 Å². The number of aliphatic hydroxyl groups is 5. The van der Waals surface area contributed by atoms with Crippen molar-refractivity contribution in [3.8, 4) is 0 Å². The minimum Gasteiger partial charge on any atom is -0.454 e. The Labute approximate surface area is 471 Å². The van der Waals surface area contributed by atoms with Crippen molar-refractivity contribution in [1.29, 1.82) is 0 Å². The van der Waals surface area contributed by atoms with Crippen molar-refractivity contribution in [1.82, 2.24) is 5.32 Å². The van der Waals surface area contributed by atoms with Gasteiger partial charge in [0.05, 0.1) is 25.4 Å². The second-order valence-corrected chi connectivity index (χ2v) is 22.1. The van der Waals surface area contributed by atoms with Crippen LogP contribution in [0.1, 0.15) is 284 Å². The summed E-state index contributed by atoms with van der Waals surface area (Å²) in [5, 5.41) is 57.0. The molecular formula is C66H119NO10. The number of esters is 1. The van der Waals surface area contributed by atoms with Crippen LogP contribution in [0.4, 0.5) is 0 Å². The van der Waals surface area contributed by atoms with Crippen molar-refractivity contribution in [3.05, 3.63) is 60.8 Å². The van der Waals surface area contributed by atoms with Crippen molar-refractivity contribution >= 4 is 11.9 Å². The molecule has 1 amide bonds. The van der Waals surface area contributed by atoms with E-state index in [4.69, 9.17) is 14.2 Å². The fraction of sp³-hybridized carbons (Fsp3) is 0.818. The van der Waals surface area contributed by atoms with Crippen molar-refractivity contribution in [2.75, 3.05) is 13.2 Å². The average Bonchev–Trinajstić information content (AvgIpc) is 3.43. The Balaban J connectivity index is 2.71. The number of unbranched alkanes of at least 4 members (excludes halogenated alkanes) is 32. The third-order valence-corrected chi connectivity index (χ3v) is 14.9. The van der Waals surface area contributed by atoms with Gasteiger partial charge in [-0.3, -0.25) is 9.59 Å². The summed E-state index contributed by atoms with van der Waals surface area (Å²) in [7, 11) is 0. The highest BCUT2D eigenvalue weighted by atomic mass is 16.7. The number of nitrogens with one attached hydrogen (secondary N) is 1. The number of hydrogen-bond acceptors (Lipinski definition) is 10. The molecule has 8 atom stereocenters. The molecule has 0 spiro atoms. The summed E-state index contributed by atoms with van der Waals surface area (Å²) in [6.45, 7) is 5.76. The Morgan fingerprint density at radius 1 is 0.506 bits per heavy atom. The summed E-state index contributed by atoms with van der Waals surface area (Å²) in [6.07, 6.45) is 56.8. The smallest absolute Gasteiger partial charge is 0.306 e. The number of allylic oxidation sites excluding steroid dienone is 9. The second kappa shape index (κ2) is 54.0. The number of amides is 1. The maximum absolute atomic E-state index is 13.4. The fourth-order valence-corrected chi connectivity index (χ4v) is 9.81. The second-order valence-electron chi connectivity index (χ2n) is 22.1. The van der Waals surface area contributed by atoms with Crippen LogP contribution in [0.3, 0.4) is 0 Å². The van der Waals surface area contributed by atoms with Crippen LogP contribution in [-0.2, 0) is 23.8 Å². The van der Waals surface area contributed by atoms with Gasteiger partial charge in [-0.25, -0.2) is 0 Å². The molecule has 1 aliphatic rings. The van der Waals surface area contributed by atoms with Crippen LogP contribution in [0.25, 0.3) is 0 Å². The summed E-state index contributed by atoms with van der Waals surface area (Å²) in [5.74, 6) is -1.22. The summed E-state index contributed by atoms with van der Waals surface area (Å²) in [4.78, 5) is 26.6. The highest BCUT2D eigenvalue weighted by Crippen LogP contribution is 2.26. The van der Waals surface area contributed by atoms with Gasteiger partial charge in [-0.05, 0) is 70.6 Å². The maximum atomic E-state index is 13.4. The monoisotopic (exact) mass is 1090 g/mol. The lowest BCUT2D eigenvalue weighted by Gasteiger charge is -2.41. The molecule has 6 N–H and O–H groups in total. The molecule has 0 aromatic carbocycles. The van der Waals surface area contributed by atoms with Crippen molar-refractivity contribution in [2.24, 2.45) is 0 Å². The lowest BCUT2D eigenvalue weighted by atomic mass is 9.99. The molecule has 0 radical (unpaired) electrons. The highest BCUT2D eigenvalue weighted by molar-refractivity contribution is 5.80. The average molecular weight is 1090 g/mol. The number of ether oxygens (including phenoxy) is 3. The van der Waals surface area contributed by atoms with E-state index in [0.717, 1.165) is 77.0 Å². The Morgan fingerprint density at radius 3 is 1.36 bits per heavy atom. The minimum absolute atomic E-state index is 0.122. The Bertz CT molecular complexity index is 1480. The van der Waals surface area contributed by atoms with E-state index in [1.54, 1.807) is 6.08 Å². The molecule has 1 saturated heterocycles. The zero-order valence-corrected chi connectivity index (χ0v) is 49.6. The van der Waals surface area contributed by atoms with Gasteiger partial charge in [0.15, 0.2) is 12.4 Å². The van der Waals surface area contributed by atoms with E-state index >= 15 is 0 Å². The van der Waals surface area contributed by atoms with E-state index in [0.29, 0.717) is 12.8 Å². The minimum atomic E-state index is -1.62. The first-order valence-electron chi connectivity index (χ1n) is 32.1. The van der Waals surface area contributed by atoms with Gasteiger partial charge in [0, 0.05) is 6.42 Å². The van der Waals surface area contributed by atoms with Gasteiger partial charge in [-0.15, -0.1) is 0 Å². The van der Waals surface area contributed by atoms with Crippen molar-refractivity contribution in [2.45, 2.75) is 333 Å². The molecule has 448 valence electrons. The van der Waals surface area contributed by atoms with Gasteiger partial charge in [0.25, 0.3) is 0 Å². The third-order valence-electron chi connectivity index (χ3n) is 14.9. The Morgan fingerprint density at radius 2 is 0.896 bits per heavy atom. The number of hydrogen-bond donors (Lipinski definition) is 6. The molecule has 1 aliphatic heterocycles. The van der Waals surface area contributed by atoms with E-state index < -0.39 is 67.4 Å². The molecule has 0 aromatic rings. The fourth-order valence-electron chi connectivity index (χ4n) is 9.81. The van der Waals surface area contributed by atoms with Crippen molar-refractivity contribution < 1.29 is 49.3 Å². The first-order valence-corrected chi connectivity index (χ1v) is 32.1. The van der Waals surface area contributed by atoms with Gasteiger partial charge < -0.3 is 45.1 Å². The molecule has 11 nitrogen and oxygen atoms in total. The molecular weight excluding hydrogens is 967 g/mol. The molecule has 11 heteroatoms. The van der Waals surface area contributed by atoms with E-state index in [9.17, 15) is 35.1 Å². The lowest BCUT2D eigenvalue weighted by Crippen LogP contribution is -2.61. The van der Waals surface area contributed by atoms with Gasteiger partial charge in [0.2, 0.25) is 5.91 Å². The first kappa shape index (κ1) is 72.4. The van der Waals surface area contributed by atoms with Gasteiger partial charge >= 0.3 is 5.97 Å². The molecule has 0 aromatic heterocycles. The zero-order chi connectivity index (χ0) is 56.1. The van der Waals surface area contributed by atoms with Crippen LogP contribution < -0.4 is 5.32 Å². The Kier molecular flexibility index (Phi) is 50.7. The van der Waals surface area contributed by atoms with Gasteiger partial charge in [0.1, 0.15) is 24.4 Å². The molecule has 1 rings (SSSR count). The summed E-state index contributed by atoms with van der Waals surface area (Å²) in [5.41, 5.74) is 0. The standard InChI is InChI=1S/C66H119NO10/c1-4-7-10-13-16-19-22-25-27-29-31-32-35-38-41-44-47-50-53-59(70)65(74)67-57(58(69)52-49-46-43-40-37-34-24-21-18-15-12-9-6-3)56-75-66-64(63(73)62(72)60(55-68)76-66)77-61(71)54-51-48-45-42-39-36-33-30-28-26-23-20-17-14-11-8-5-2/h16,19,25,27,31-32,38,41,49,52,57-60,62-64,66,68-70,72-73H,4-15,17-18,20-24,26,28-30,33-37,39-40,42-48,50-51,53-56H2,1-3H3,(H,67,74)/b19-16-,27-25-,32-31-,41-38-,52-49+. The van der Waals surface area contributed by atoms with E-state index in [-0.39, 0.29) is 19.4 Å². The van der Waals surface area contributed by atoms with Crippen LogP contribution in [0.5, 0.6) is 0 Å². The molecule has 77 heavy (non-hydrogen) atoms. The molecule has 1 heterocycles. The predicted octanol–water partition coefficient (Wildman–Crippen LogP) is 15.4. The highest BCUT2D eigenvalue weighted by Gasteiger charge is 2.47. The quantitative estimate of drug-likeness (QED) is 0.0195. The van der Waals surface area contributed by atoms with Gasteiger partial charge in [-0.1, -0.05) is 268 Å². The Hall–Kier alpha value is -2.64. The lowest BCUT2D eigenvalue weighted by molar-refractivity contribution is -0.305. The molecule has 0 saturated carbocycles. The molecule has 8 unspecified atom stereocenters. The third kappa shape index (κ3) is 42.0. The zero-order valence-electron chi connectivity index (χ0n) is 49.6. The SMILES string of the molecule is CCCCC/C=C\C/C=C\C/C=C\C/C=C\CCCCC(O)C(=O)NC(COC1OC(CO)C(O)C(O)C1OC(=O)CCCCCCCCCCCCCCCCCCC)C(O)/C=C/CCCCCCCCCCCCC. The summed E-state index contributed by atoms with van der Waals surface area (Å²) < 4.78 is 17.6. The number of carbonyl (C=O) groups excluding carboxylic acids is 2. The van der Waals surface area contributed by atoms with Crippen LogP contribution in [0, 0.1) is 0 Å². The number of carbonyl (C=O) groups is 2. The summed E-state index contributed by atoms with van der Waals surface area (Å²) >= 11 is 0. The van der Waals surface area contributed by atoms with Crippen LogP contribution in [0.15, 0.2) is 60.8 Å². The largest absolute Gasteiger partial charge is 0.454 e. The van der Waals surface area contributed by atoms with Crippen LogP contribution in [0.2, 0.25) is 0 Å².